The topological polar surface area (TPSA) is 79.4 Å². The molecule has 247 valence electrons. The summed E-state index contributed by atoms with van der Waals surface area (Å²) < 4.78 is 9.44. The van der Waals surface area contributed by atoms with Gasteiger partial charge in [0.1, 0.15) is 0 Å². The van der Waals surface area contributed by atoms with Crippen LogP contribution in [0.5, 0.6) is 5.75 Å². The molecule has 5 rings (SSSR count). The normalized spacial score (nSPS) is 10.6. The van der Waals surface area contributed by atoms with E-state index in [2.05, 4.69) is 85.7 Å². The maximum atomic E-state index is 12.9. The molecule has 0 aliphatic carbocycles. The van der Waals surface area contributed by atoms with Gasteiger partial charge in [0.25, 0.3) is 0 Å². The first kappa shape index (κ1) is 38.1. The van der Waals surface area contributed by atoms with Crippen LogP contribution in [0.4, 0.5) is 10.8 Å². The molecule has 2 heterocycles. The fourth-order valence-corrected chi connectivity index (χ4v) is 10.9. The Hall–Kier alpha value is -3.36. The average Bonchev–Trinajstić information content (AvgIpc) is 3.55. The molecule has 0 bridgehead atoms. The number of thiol groups is 1. The van der Waals surface area contributed by atoms with E-state index < -0.39 is 20.5 Å². The summed E-state index contributed by atoms with van der Waals surface area (Å²) in [4.78, 5) is 24.1. The second-order valence-corrected chi connectivity index (χ2v) is 18.2. The second kappa shape index (κ2) is 20.1. The molecule has 0 saturated heterocycles. The molecule has 1 radical (unpaired) electrons. The standard InChI is InChI=1S/C22H26N5OS.C7H7O.C7H8.CH3.H2S.Sb/c1-16(2)13-23-10-5-11-25-21(28)17-6-3-8-19(12-17)26-22-27-20(15-29-22)18-7-4-9-24-14-18;1-8-7-5-3-2-4-6-7;1-7-5-3-2-4-6-7;;;/h3-4,6-9,12,14-16H,5,10-11,13H2,1-2H3,(H,25,28)(H,26,27);3-6H,1H3;2-6H,1H3;1H3;1H2;/q-1;;;;;+2/p-1. The van der Waals surface area contributed by atoms with Crippen molar-refractivity contribution in [2.45, 2.75) is 32.1 Å². The van der Waals surface area contributed by atoms with Crippen LogP contribution in [-0.2, 0) is 13.5 Å². The maximum absolute atomic E-state index is 12.9. The fraction of sp³-hybridized carbons (Fsp3) is 0.270. The molecule has 0 aliphatic rings. The number of rotatable bonds is 13. The molecule has 1 amide bonds. The van der Waals surface area contributed by atoms with Gasteiger partial charge in [-0.15, -0.1) is 0 Å². The van der Waals surface area contributed by atoms with Crippen molar-refractivity contribution in [2.75, 3.05) is 32.1 Å². The number of aryl methyl sites for hydroxylation is 1. The third kappa shape index (κ3) is 12.6. The van der Waals surface area contributed by atoms with Crippen LogP contribution in [0.3, 0.4) is 0 Å². The Kier molecular flexibility index (Phi) is 16.3. The summed E-state index contributed by atoms with van der Waals surface area (Å²) in [7, 11) is 1.70. The predicted molar refractivity (Wildman–Crippen MR) is 203 cm³/mol. The summed E-state index contributed by atoms with van der Waals surface area (Å²) in [5, 5.41) is 9.20. The van der Waals surface area contributed by atoms with E-state index in [1.165, 1.54) is 20.4 Å². The molecule has 47 heavy (non-hydrogen) atoms. The van der Waals surface area contributed by atoms with Gasteiger partial charge < -0.3 is 13.5 Å². The molecule has 5 aromatic rings. The Bertz CT molecular complexity index is 1620. The summed E-state index contributed by atoms with van der Waals surface area (Å²) in [6.07, 6.45) is 4.46. The number of hydrogen-bond donors (Lipinski definition) is 2. The van der Waals surface area contributed by atoms with E-state index >= 15 is 0 Å². The van der Waals surface area contributed by atoms with Crippen molar-refractivity contribution in [3.8, 4) is 17.0 Å². The number of anilines is 2. The zero-order valence-electron chi connectivity index (χ0n) is 27.8. The van der Waals surface area contributed by atoms with E-state index in [1.807, 2.05) is 60.0 Å². The van der Waals surface area contributed by atoms with Gasteiger partial charge in [0.2, 0.25) is 0 Å². The molecule has 0 spiro atoms. The van der Waals surface area contributed by atoms with Crippen molar-refractivity contribution in [2.24, 2.45) is 5.92 Å². The molecule has 0 fully saturated rings. The molecule has 3 aromatic carbocycles. The molecule has 0 saturated carbocycles. The Labute approximate surface area is 298 Å². The van der Waals surface area contributed by atoms with Crippen LogP contribution in [-0.4, -0.2) is 66.2 Å². The summed E-state index contributed by atoms with van der Waals surface area (Å²) in [6.45, 7) is 9.32. The SMILES string of the molecule is COc1cc[c]([Sb+]([CH3])[N](CCCNC(=O)c2cccc(Nc3nc(-c4cccnc4)cs3)c2)CC(C)C)cc1.Cc1ccccc1.[SH-]. The molecular formula is C37H45N5O2S2Sb. The van der Waals surface area contributed by atoms with Crippen molar-refractivity contribution in [1.29, 1.82) is 0 Å². The first-order valence-electron chi connectivity index (χ1n) is 15.5. The van der Waals surface area contributed by atoms with Gasteiger partial charge in [0.15, 0.2) is 0 Å². The van der Waals surface area contributed by atoms with Gasteiger partial charge in [0, 0.05) is 23.3 Å². The van der Waals surface area contributed by atoms with Gasteiger partial charge >= 0.3 is 198 Å². The van der Waals surface area contributed by atoms with Crippen molar-refractivity contribution < 1.29 is 9.53 Å². The summed E-state index contributed by atoms with van der Waals surface area (Å²) in [5.41, 5.74) is 4.64. The largest absolute Gasteiger partial charge is 0.813 e. The number of hydrogen-bond acceptors (Lipinski definition) is 8. The van der Waals surface area contributed by atoms with Crippen LogP contribution in [0.2, 0.25) is 4.87 Å². The van der Waals surface area contributed by atoms with Crippen molar-refractivity contribution in [3.05, 3.63) is 120 Å². The Balaban J connectivity index is 0.000000665. The Morgan fingerprint density at radius 1 is 1.00 bits per heavy atom. The van der Waals surface area contributed by atoms with Crippen LogP contribution in [0.15, 0.2) is 109 Å². The number of benzene rings is 3. The monoisotopic (exact) mass is 776 g/mol. The summed E-state index contributed by atoms with van der Waals surface area (Å²) in [5.74, 6) is 1.43. The Morgan fingerprint density at radius 2 is 1.77 bits per heavy atom. The average molecular weight is 778 g/mol. The smallest absolute Gasteiger partial charge is 0.0398 e. The zero-order chi connectivity index (χ0) is 32.7. The minimum Gasteiger partial charge on any atom is -0.813 e. The molecule has 10 heteroatoms. The number of pyridine rings is 1. The van der Waals surface area contributed by atoms with E-state index in [9.17, 15) is 4.79 Å². The van der Waals surface area contributed by atoms with E-state index in [0.29, 0.717) is 18.0 Å². The molecule has 0 unspecified atom stereocenters. The quantitative estimate of drug-likeness (QED) is 0.0563. The van der Waals surface area contributed by atoms with Crippen LogP contribution in [0, 0.1) is 12.8 Å². The van der Waals surface area contributed by atoms with E-state index in [0.717, 1.165) is 47.3 Å². The number of carbonyl (C=O) groups is 1. The number of ether oxygens (including phenoxy) is 1. The number of carbonyl (C=O) groups excluding carboxylic acids is 1. The van der Waals surface area contributed by atoms with Gasteiger partial charge in [0.05, 0.1) is 5.69 Å². The van der Waals surface area contributed by atoms with Crippen molar-refractivity contribution in [3.63, 3.8) is 0 Å². The van der Waals surface area contributed by atoms with Gasteiger partial charge in [-0.3, -0.25) is 4.98 Å². The number of amides is 1. The predicted octanol–water partition coefficient (Wildman–Crippen LogP) is 7.29. The maximum Gasteiger partial charge on any atom is -0.0398 e. The van der Waals surface area contributed by atoms with E-state index in [-0.39, 0.29) is 19.4 Å². The molecule has 0 atom stereocenters. The van der Waals surface area contributed by atoms with Gasteiger partial charge in [-0.05, 0) is 19.1 Å². The molecule has 7 nitrogen and oxygen atoms in total. The number of aromatic nitrogens is 2. The molecule has 0 aliphatic heterocycles. The number of nitrogens with one attached hydrogen (secondary N) is 2. The van der Waals surface area contributed by atoms with Gasteiger partial charge in [-0.2, -0.15) is 0 Å². The van der Waals surface area contributed by atoms with Crippen LogP contribution in [0.25, 0.3) is 11.3 Å². The van der Waals surface area contributed by atoms with Crippen LogP contribution < -0.4 is 18.9 Å². The number of methoxy groups -OCH3 is 1. The minimum absolute atomic E-state index is 0. The van der Waals surface area contributed by atoms with Gasteiger partial charge in [-0.1, -0.05) is 35.9 Å². The molecule has 2 aromatic heterocycles. The third-order valence-corrected chi connectivity index (χ3v) is 14.3. The first-order valence-corrected chi connectivity index (χ1v) is 21.3. The molecule has 2 N–H and O–H groups in total. The fourth-order valence-electron chi connectivity index (χ4n) is 4.69. The zero-order valence-corrected chi connectivity index (χ0v) is 32.0. The Morgan fingerprint density at radius 3 is 2.40 bits per heavy atom. The third-order valence-electron chi connectivity index (χ3n) is 7.10. The summed E-state index contributed by atoms with van der Waals surface area (Å²) >= 11 is -0.285. The van der Waals surface area contributed by atoms with E-state index in [1.54, 1.807) is 19.5 Å². The second-order valence-electron chi connectivity index (χ2n) is 11.3. The van der Waals surface area contributed by atoms with E-state index in [4.69, 9.17) is 4.74 Å². The first-order chi connectivity index (χ1) is 22.3. The van der Waals surface area contributed by atoms with Gasteiger partial charge in [-0.25, -0.2) is 0 Å². The van der Waals surface area contributed by atoms with Crippen LogP contribution in [0.1, 0.15) is 36.2 Å². The number of nitrogens with zero attached hydrogens (tertiary/aromatic N) is 3. The van der Waals surface area contributed by atoms with Crippen LogP contribution >= 0.6 is 11.3 Å². The summed E-state index contributed by atoms with van der Waals surface area (Å²) in [6, 6.07) is 30.2. The minimum atomic E-state index is -1.81. The molecular weight excluding hydrogens is 732 g/mol. The van der Waals surface area contributed by atoms with Crippen molar-refractivity contribution >= 4 is 65.6 Å². The van der Waals surface area contributed by atoms with Crippen molar-refractivity contribution in [1.82, 2.24) is 18.3 Å². The number of thiazole rings is 1.